The third kappa shape index (κ3) is 7.57. The van der Waals surface area contributed by atoms with Gasteiger partial charge in [-0.05, 0) is 107 Å². The Morgan fingerprint density at radius 3 is 1.18 bits per heavy atom. The smallest absolute Gasteiger partial charge is 0.0247 e. The maximum Gasteiger partial charge on any atom is 0.0247 e. The molecule has 3 nitrogen and oxygen atoms in total. The second-order valence-electron chi connectivity index (χ2n) is 15.2. The van der Waals surface area contributed by atoms with Crippen LogP contribution in [0.15, 0.2) is 164 Å². The molecule has 1 fully saturated rings. The molecule has 272 valence electrons. The Bertz CT molecular complexity index is 2450. The highest BCUT2D eigenvalue weighted by Crippen LogP contribution is 2.32. The first-order chi connectivity index (χ1) is 27.2. The Morgan fingerprint density at radius 1 is 0.400 bits per heavy atom. The van der Waals surface area contributed by atoms with Gasteiger partial charge in [-0.15, -0.1) is 0 Å². The highest BCUT2D eigenvalue weighted by Gasteiger charge is 2.21. The standard InChI is InChI=1S/C52H49N3/c1-2-3-4-15-39-32-40-16-5-10-21-46(40)45(33-39)36-53-26-28-54(37-51-47-22-11-6-17-41(47)34-42-18-7-12-23-48(42)51)30-31-55(29-27-53)38-52-49-24-13-8-19-43(49)35-44-20-9-14-25-50(44)52/h2-25,32-35H,26-31,36-38H2,1H3/b3-2-,15-4-. The SMILES string of the molecule is C/C=C\C=C/c1cc(CN2CCN(Cc3c4ccccc4cc4ccccc34)CCN(Cc3c4ccccc4cc4ccccc34)CC2)c2ccccc2c1. The van der Waals surface area contributed by atoms with Crippen molar-refractivity contribution < 1.29 is 0 Å². The summed E-state index contributed by atoms with van der Waals surface area (Å²) in [5.74, 6) is 0. The molecule has 0 saturated carbocycles. The van der Waals surface area contributed by atoms with Crippen LogP contribution in [-0.4, -0.2) is 54.0 Å². The fourth-order valence-electron chi connectivity index (χ4n) is 8.82. The third-order valence-corrected chi connectivity index (χ3v) is 11.7. The normalized spacial score (nSPS) is 15.5. The summed E-state index contributed by atoms with van der Waals surface area (Å²) < 4.78 is 0. The van der Waals surface area contributed by atoms with Crippen LogP contribution in [0.2, 0.25) is 0 Å². The lowest BCUT2D eigenvalue weighted by atomic mass is 9.96. The zero-order chi connectivity index (χ0) is 37.0. The predicted octanol–water partition coefficient (Wildman–Crippen LogP) is 11.9. The van der Waals surface area contributed by atoms with E-state index in [2.05, 4.69) is 192 Å². The highest BCUT2D eigenvalue weighted by molar-refractivity contribution is 6.03. The molecule has 1 heterocycles. The van der Waals surface area contributed by atoms with Gasteiger partial charge in [0.25, 0.3) is 0 Å². The van der Waals surface area contributed by atoms with Gasteiger partial charge in [-0.1, -0.05) is 146 Å². The van der Waals surface area contributed by atoms with Gasteiger partial charge in [-0.25, -0.2) is 0 Å². The number of fused-ring (bicyclic) bond motifs is 5. The van der Waals surface area contributed by atoms with E-state index >= 15 is 0 Å². The first kappa shape index (κ1) is 35.1. The Balaban J connectivity index is 1.09. The van der Waals surface area contributed by atoms with Gasteiger partial charge in [0.1, 0.15) is 0 Å². The van der Waals surface area contributed by atoms with E-state index in [4.69, 9.17) is 0 Å². The van der Waals surface area contributed by atoms with Gasteiger partial charge in [0.05, 0.1) is 0 Å². The summed E-state index contributed by atoms with van der Waals surface area (Å²) in [5.41, 5.74) is 5.54. The topological polar surface area (TPSA) is 9.72 Å². The van der Waals surface area contributed by atoms with Crippen molar-refractivity contribution in [3.63, 3.8) is 0 Å². The van der Waals surface area contributed by atoms with E-state index in [1.807, 2.05) is 0 Å². The van der Waals surface area contributed by atoms with Crippen LogP contribution in [0, 0.1) is 0 Å². The first-order valence-electron chi connectivity index (χ1n) is 20.0. The number of rotatable bonds is 8. The Labute approximate surface area is 325 Å². The van der Waals surface area contributed by atoms with Crippen LogP contribution in [0.5, 0.6) is 0 Å². The maximum atomic E-state index is 2.73. The summed E-state index contributed by atoms with van der Waals surface area (Å²) in [7, 11) is 0. The Kier molecular flexibility index (Phi) is 10.2. The fourth-order valence-corrected chi connectivity index (χ4v) is 8.82. The van der Waals surface area contributed by atoms with Crippen LogP contribution in [0.25, 0.3) is 59.9 Å². The lowest BCUT2D eigenvalue weighted by Gasteiger charge is -2.27. The van der Waals surface area contributed by atoms with Gasteiger partial charge in [0.15, 0.2) is 0 Å². The van der Waals surface area contributed by atoms with Crippen LogP contribution in [0.3, 0.4) is 0 Å². The summed E-state index contributed by atoms with van der Waals surface area (Å²) in [5, 5.41) is 13.4. The molecule has 0 radical (unpaired) electrons. The van der Waals surface area contributed by atoms with Gasteiger partial charge in [0, 0.05) is 58.9 Å². The quantitative estimate of drug-likeness (QED) is 0.115. The molecule has 0 unspecified atom stereocenters. The molecule has 9 rings (SSSR count). The molecule has 1 aliphatic heterocycles. The number of hydrogen-bond acceptors (Lipinski definition) is 3. The van der Waals surface area contributed by atoms with Crippen molar-refractivity contribution in [2.24, 2.45) is 0 Å². The lowest BCUT2D eigenvalue weighted by molar-refractivity contribution is 0.210. The van der Waals surface area contributed by atoms with E-state index in [-0.39, 0.29) is 0 Å². The number of benzene rings is 8. The molecule has 0 bridgehead atoms. The zero-order valence-corrected chi connectivity index (χ0v) is 31.9. The average molecular weight is 716 g/mol. The second-order valence-corrected chi connectivity index (χ2v) is 15.2. The van der Waals surface area contributed by atoms with E-state index in [0.29, 0.717) is 0 Å². The minimum atomic E-state index is 0.919. The van der Waals surface area contributed by atoms with Crippen molar-refractivity contribution in [1.82, 2.24) is 14.7 Å². The van der Waals surface area contributed by atoms with Gasteiger partial charge in [-0.2, -0.15) is 0 Å². The minimum absolute atomic E-state index is 0.919. The van der Waals surface area contributed by atoms with Crippen molar-refractivity contribution in [3.05, 3.63) is 186 Å². The van der Waals surface area contributed by atoms with E-state index < -0.39 is 0 Å². The van der Waals surface area contributed by atoms with Gasteiger partial charge in [0.2, 0.25) is 0 Å². The van der Waals surface area contributed by atoms with Crippen LogP contribution >= 0.6 is 0 Å². The summed E-state index contributed by atoms with van der Waals surface area (Å²) in [6.45, 7) is 10.9. The molecule has 0 atom stereocenters. The van der Waals surface area contributed by atoms with Crippen molar-refractivity contribution in [2.75, 3.05) is 39.3 Å². The number of nitrogens with zero attached hydrogens (tertiary/aromatic N) is 3. The molecule has 1 saturated heterocycles. The van der Waals surface area contributed by atoms with E-state index in [1.165, 1.54) is 76.1 Å². The Morgan fingerprint density at radius 2 is 0.764 bits per heavy atom. The van der Waals surface area contributed by atoms with Crippen molar-refractivity contribution >= 4 is 59.9 Å². The minimum Gasteiger partial charge on any atom is -0.297 e. The maximum absolute atomic E-state index is 2.73. The monoisotopic (exact) mass is 715 g/mol. The highest BCUT2D eigenvalue weighted by atomic mass is 15.3. The fraction of sp³-hybridized carbons (Fsp3) is 0.192. The van der Waals surface area contributed by atoms with Gasteiger partial charge in [-0.3, -0.25) is 14.7 Å². The van der Waals surface area contributed by atoms with Gasteiger partial charge < -0.3 is 0 Å². The molecule has 0 aromatic heterocycles. The molecule has 55 heavy (non-hydrogen) atoms. The Hall–Kier alpha value is -5.58. The number of allylic oxidation sites excluding steroid dienone is 3. The van der Waals surface area contributed by atoms with Crippen LogP contribution in [-0.2, 0) is 19.6 Å². The first-order valence-corrected chi connectivity index (χ1v) is 20.0. The molecule has 0 amide bonds. The van der Waals surface area contributed by atoms with Crippen molar-refractivity contribution in [2.45, 2.75) is 26.6 Å². The summed E-state index contributed by atoms with van der Waals surface area (Å²) >= 11 is 0. The largest absolute Gasteiger partial charge is 0.297 e. The van der Waals surface area contributed by atoms with E-state index in [0.717, 1.165) is 58.9 Å². The van der Waals surface area contributed by atoms with Crippen molar-refractivity contribution in [3.8, 4) is 0 Å². The number of hydrogen-bond donors (Lipinski definition) is 0. The molecule has 3 heteroatoms. The molecule has 8 aromatic rings. The summed E-state index contributed by atoms with van der Waals surface area (Å²) in [6, 6.07) is 54.2. The molecular weight excluding hydrogens is 667 g/mol. The van der Waals surface area contributed by atoms with Crippen LogP contribution in [0.1, 0.15) is 29.2 Å². The van der Waals surface area contributed by atoms with Crippen LogP contribution < -0.4 is 0 Å². The second kappa shape index (κ2) is 16.0. The van der Waals surface area contributed by atoms with Crippen LogP contribution in [0.4, 0.5) is 0 Å². The summed E-state index contributed by atoms with van der Waals surface area (Å²) in [6.07, 6.45) is 8.58. The lowest BCUT2D eigenvalue weighted by Crippen LogP contribution is -2.35. The molecule has 0 spiro atoms. The molecule has 0 N–H and O–H groups in total. The van der Waals surface area contributed by atoms with Gasteiger partial charge >= 0.3 is 0 Å². The predicted molar refractivity (Wildman–Crippen MR) is 237 cm³/mol. The zero-order valence-electron chi connectivity index (χ0n) is 31.9. The third-order valence-electron chi connectivity index (χ3n) is 11.7. The summed E-state index contributed by atoms with van der Waals surface area (Å²) in [4.78, 5) is 8.18. The molecule has 8 aromatic carbocycles. The van der Waals surface area contributed by atoms with E-state index in [9.17, 15) is 0 Å². The molecule has 0 aliphatic carbocycles. The van der Waals surface area contributed by atoms with E-state index in [1.54, 1.807) is 0 Å². The molecule has 1 aliphatic rings. The molecular formula is C52H49N3. The average Bonchev–Trinajstić information content (AvgIpc) is 3.31. The van der Waals surface area contributed by atoms with Crippen molar-refractivity contribution in [1.29, 1.82) is 0 Å².